The molecule has 1 aliphatic rings. The van der Waals surface area contributed by atoms with Gasteiger partial charge in [0.25, 0.3) is 11.6 Å². The summed E-state index contributed by atoms with van der Waals surface area (Å²) in [4.78, 5) is 24.5. The second-order valence-corrected chi connectivity index (χ2v) is 6.88. The summed E-state index contributed by atoms with van der Waals surface area (Å²) in [6, 6.07) is 10.5. The Morgan fingerprint density at radius 2 is 1.92 bits per heavy atom. The number of carbonyl (C=O) groups is 1. The van der Waals surface area contributed by atoms with E-state index < -0.39 is 16.4 Å². The van der Waals surface area contributed by atoms with Crippen molar-refractivity contribution in [1.29, 1.82) is 0 Å². The molecule has 9 heteroatoms. The molecule has 1 amide bonds. The lowest BCUT2D eigenvalue weighted by molar-refractivity contribution is -0.398. The molecule has 2 aromatic rings. The summed E-state index contributed by atoms with van der Waals surface area (Å²) in [7, 11) is 1.55. The first-order chi connectivity index (χ1) is 12.4. The van der Waals surface area contributed by atoms with Crippen molar-refractivity contribution in [2.75, 3.05) is 12.0 Å². The molecule has 1 heterocycles. The van der Waals surface area contributed by atoms with Crippen molar-refractivity contribution in [3.8, 4) is 11.5 Å². The predicted octanol–water partition coefficient (Wildman–Crippen LogP) is 3.08. The molecule has 1 aliphatic heterocycles. The number of ether oxygens (including phenoxy) is 1. The quantitative estimate of drug-likeness (QED) is 0.344. The standard InChI is InChI=1S/C17H12N2O5S2/c1-24-12-5-3-11(4-6-12)18-16(21)15(26-17(18)25)9-10-2-7-14(20)13(8-10)19(22)23/h2-9,20H,1H3/p-1/b15-9+. The van der Waals surface area contributed by atoms with Crippen LogP contribution < -0.4 is 14.7 Å². The third kappa shape index (κ3) is 3.39. The number of amides is 1. The van der Waals surface area contributed by atoms with Crippen molar-refractivity contribution in [2.45, 2.75) is 0 Å². The number of nitrogens with zero attached hydrogens (tertiary/aromatic N) is 2. The normalized spacial score (nSPS) is 15.6. The van der Waals surface area contributed by atoms with Crippen molar-refractivity contribution >= 4 is 51.7 Å². The highest BCUT2D eigenvalue weighted by Crippen LogP contribution is 2.37. The van der Waals surface area contributed by atoms with Gasteiger partial charge in [-0.2, -0.15) is 0 Å². The molecule has 0 unspecified atom stereocenters. The third-order valence-electron chi connectivity index (χ3n) is 3.60. The van der Waals surface area contributed by atoms with E-state index in [4.69, 9.17) is 17.0 Å². The van der Waals surface area contributed by atoms with E-state index in [9.17, 15) is 20.0 Å². The minimum atomic E-state index is -0.748. The zero-order valence-electron chi connectivity index (χ0n) is 13.4. The van der Waals surface area contributed by atoms with E-state index in [0.29, 0.717) is 26.2 Å². The molecule has 26 heavy (non-hydrogen) atoms. The second kappa shape index (κ2) is 7.14. The molecule has 7 nitrogen and oxygen atoms in total. The fourth-order valence-corrected chi connectivity index (χ4v) is 3.64. The Kier molecular flexibility index (Phi) is 4.92. The average Bonchev–Trinajstić information content (AvgIpc) is 2.90. The number of anilines is 1. The smallest absolute Gasteiger partial charge is 0.270 e. The maximum atomic E-state index is 12.7. The number of carbonyl (C=O) groups excluding carboxylic acids is 1. The third-order valence-corrected chi connectivity index (χ3v) is 4.90. The van der Waals surface area contributed by atoms with Crippen molar-refractivity contribution in [1.82, 2.24) is 0 Å². The molecule has 0 radical (unpaired) electrons. The van der Waals surface area contributed by atoms with Gasteiger partial charge in [0, 0.05) is 6.07 Å². The molecule has 0 N–H and O–H groups in total. The number of hydrogen-bond donors (Lipinski definition) is 0. The van der Waals surface area contributed by atoms with Crippen LogP contribution in [0.3, 0.4) is 0 Å². The predicted molar refractivity (Wildman–Crippen MR) is 101 cm³/mol. The van der Waals surface area contributed by atoms with Gasteiger partial charge in [0.1, 0.15) is 5.75 Å². The Hall–Kier alpha value is -2.91. The number of nitro groups is 1. The molecule has 2 aromatic carbocycles. The van der Waals surface area contributed by atoms with Crippen molar-refractivity contribution < 1.29 is 19.6 Å². The fraction of sp³-hybridized carbons (Fsp3) is 0.0588. The largest absolute Gasteiger partial charge is 0.868 e. The van der Waals surface area contributed by atoms with Crippen LogP contribution in [0.25, 0.3) is 6.08 Å². The van der Waals surface area contributed by atoms with Crippen LogP contribution in [0.2, 0.25) is 0 Å². The highest BCUT2D eigenvalue weighted by molar-refractivity contribution is 8.27. The maximum absolute atomic E-state index is 12.7. The average molecular weight is 387 g/mol. The fourth-order valence-electron chi connectivity index (χ4n) is 2.34. The van der Waals surface area contributed by atoms with Crippen molar-refractivity contribution in [3.05, 3.63) is 63.0 Å². The van der Waals surface area contributed by atoms with Gasteiger partial charge >= 0.3 is 0 Å². The summed E-state index contributed by atoms with van der Waals surface area (Å²) >= 11 is 6.37. The van der Waals surface area contributed by atoms with E-state index >= 15 is 0 Å². The molecule has 0 saturated carbocycles. The Morgan fingerprint density at radius 1 is 1.23 bits per heavy atom. The lowest BCUT2D eigenvalue weighted by Gasteiger charge is -2.14. The van der Waals surface area contributed by atoms with Gasteiger partial charge in [-0.15, -0.1) is 0 Å². The van der Waals surface area contributed by atoms with E-state index in [1.165, 1.54) is 17.0 Å². The second-order valence-electron chi connectivity index (χ2n) is 5.20. The van der Waals surface area contributed by atoms with Gasteiger partial charge in [0.05, 0.1) is 22.6 Å². The number of hydrogen-bond acceptors (Lipinski definition) is 7. The van der Waals surface area contributed by atoms with Gasteiger partial charge in [-0.05, 0) is 41.7 Å². The Balaban J connectivity index is 1.92. The van der Waals surface area contributed by atoms with E-state index in [2.05, 4.69) is 0 Å². The van der Waals surface area contributed by atoms with E-state index in [1.54, 1.807) is 31.4 Å². The molecule has 1 saturated heterocycles. The number of thioether (sulfide) groups is 1. The maximum Gasteiger partial charge on any atom is 0.270 e. The molecule has 0 aliphatic carbocycles. The molecule has 0 spiro atoms. The Bertz CT molecular complexity index is 941. The molecular formula is C17H11N2O5S2-. The van der Waals surface area contributed by atoms with Crippen LogP contribution in [0.5, 0.6) is 11.5 Å². The van der Waals surface area contributed by atoms with Crippen molar-refractivity contribution in [3.63, 3.8) is 0 Å². The molecule has 3 rings (SSSR count). The van der Waals surface area contributed by atoms with Crippen LogP contribution in [0.15, 0.2) is 47.4 Å². The van der Waals surface area contributed by atoms with Gasteiger partial charge in [0.2, 0.25) is 0 Å². The summed E-state index contributed by atoms with van der Waals surface area (Å²) in [5.74, 6) is -0.364. The Labute approximate surface area is 158 Å². The molecule has 1 fully saturated rings. The summed E-state index contributed by atoms with van der Waals surface area (Å²) in [5.41, 5.74) is 0.438. The number of methoxy groups -OCH3 is 1. The lowest BCUT2D eigenvalue weighted by atomic mass is 10.1. The van der Waals surface area contributed by atoms with Gasteiger partial charge in [0.15, 0.2) is 4.32 Å². The monoisotopic (exact) mass is 387 g/mol. The first-order valence-corrected chi connectivity index (χ1v) is 8.50. The highest BCUT2D eigenvalue weighted by atomic mass is 32.2. The summed E-state index contributed by atoms with van der Waals surface area (Å²) in [5, 5.41) is 22.4. The number of thiocarbonyl (C=S) groups is 1. The van der Waals surface area contributed by atoms with E-state index in [1.807, 2.05) is 0 Å². The Morgan fingerprint density at radius 3 is 2.54 bits per heavy atom. The molecule has 0 atom stereocenters. The van der Waals surface area contributed by atoms with Crippen LogP contribution in [0, 0.1) is 10.1 Å². The minimum absolute atomic E-state index is 0.318. The molecular weight excluding hydrogens is 376 g/mol. The summed E-state index contributed by atoms with van der Waals surface area (Å²) in [6.45, 7) is 0. The first-order valence-electron chi connectivity index (χ1n) is 7.28. The van der Waals surface area contributed by atoms with Crippen LogP contribution in [0.1, 0.15) is 5.56 Å². The van der Waals surface area contributed by atoms with Crippen LogP contribution in [-0.2, 0) is 4.79 Å². The van der Waals surface area contributed by atoms with Gasteiger partial charge in [-0.3, -0.25) is 19.8 Å². The number of nitro benzene ring substituents is 1. The topological polar surface area (TPSA) is 95.7 Å². The van der Waals surface area contributed by atoms with Crippen LogP contribution >= 0.6 is 24.0 Å². The van der Waals surface area contributed by atoms with Crippen molar-refractivity contribution in [2.24, 2.45) is 0 Å². The zero-order valence-corrected chi connectivity index (χ0v) is 15.0. The van der Waals surface area contributed by atoms with Gasteiger partial charge < -0.3 is 9.84 Å². The van der Waals surface area contributed by atoms with Gasteiger partial charge in [-0.1, -0.05) is 36.1 Å². The molecule has 132 valence electrons. The van der Waals surface area contributed by atoms with Gasteiger partial charge in [-0.25, -0.2) is 0 Å². The molecule has 0 aromatic heterocycles. The van der Waals surface area contributed by atoms with Crippen LogP contribution in [-0.4, -0.2) is 22.3 Å². The van der Waals surface area contributed by atoms with Crippen LogP contribution in [0.4, 0.5) is 11.4 Å². The SMILES string of the molecule is COc1ccc(N2C(=O)/C(=C\c3ccc([O-])c([N+](=O)[O-])c3)SC2=S)cc1. The summed E-state index contributed by atoms with van der Waals surface area (Å²) in [6.07, 6.45) is 1.48. The lowest BCUT2D eigenvalue weighted by Crippen LogP contribution is -2.27. The van der Waals surface area contributed by atoms with E-state index in [-0.39, 0.29) is 5.91 Å². The first kappa shape index (κ1) is 17.9. The molecule has 0 bridgehead atoms. The van der Waals surface area contributed by atoms with E-state index in [0.717, 1.165) is 23.9 Å². The minimum Gasteiger partial charge on any atom is -0.868 e. The number of benzene rings is 2. The zero-order chi connectivity index (χ0) is 18.8. The number of rotatable bonds is 4. The highest BCUT2D eigenvalue weighted by Gasteiger charge is 2.33. The summed E-state index contributed by atoms with van der Waals surface area (Å²) < 4.78 is 5.44.